The first kappa shape index (κ1) is 19.3. The molecule has 1 N–H and O–H groups in total. The molecule has 1 saturated heterocycles. The number of carbonyl (C=O) groups is 2. The van der Waals surface area contributed by atoms with E-state index >= 15 is 0 Å². The van der Waals surface area contributed by atoms with Crippen LogP contribution in [-0.2, 0) is 11.3 Å². The second kappa shape index (κ2) is 8.93. The number of benzene rings is 1. The molecule has 1 aliphatic heterocycles. The quantitative estimate of drug-likeness (QED) is 0.850. The van der Waals surface area contributed by atoms with Crippen LogP contribution in [0.1, 0.15) is 26.7 Å². The van der Waals surface area contributed by atoms with Crippen LogP contribution in [0.4, 0.5) is 4.79 Å². The van der Waals surface area contributed by atoms with E-state index in [9.17, 15) is 9.59 Å². The second-order valence-electron chi connectivity index (χ2n) is 7.10. The van der Waals surface area contributed by atoms with Crippen LogP contribution >= 0.6 is 0 Å². The van der Waals surface area contributed by atoms with Crippen molar-refractivity contribution >= 4 is 22.8 Å². The van der Waals surface area contributed by atoms with Gasteiger partial charge in [-0.25, -0.2) is 4.79 Å². The van der Waals surface area contributed by atoms with Crippen molar-refractivity contribution in [2.24, 2.45) is 5.92 Å². The van der Waals surface area contributed by atoms with Crippen molar-refractivity contribution in [3.8, 4) is 0 Å². The number of piperidine rings is 1. The topological polar surface area (TPSA) is 57.6 Å². The molecule has 0 saturated carbocycles. The largest absolute Gasteiger partial charge is 0.346 e. The Bertz CT molecular complexity index is 781. The molecule has 1 aliphatic rings. The Morgan fingerprint density at radius 2 is 1.96 bits per heavy atom. The summed E-state index contributed by atoms with van der Waals surface area (Å²) in [5, 5.41) is 4.22. The fourth-order valence-electron chi connectivity index (χ4n) is 3.89. The molecule has 27 heavy (non-hydrogen) atoms. The minimum absolute atomic E-state index is 0.0662. The Morgan fingerprint density at radius 3 is 2.74 bits per heavy atom. The van der Waals surface area contributed by atoms with Gasteiger partial charge in [-0.15, -0.1) is 0 Å². The maximum Gasteiger partial charge on any atom is 0.317 e. The predicted molar refractivity (Wildman–Crippen MR) is 108 cm³/mol. The number of amides is 3. The lowest BCUT2D eigenvalue weighted by Crippen LogP contribution is -2.50. The molecule has 0 radical (unpaired) electrons. The molecular formula is C21H30N4O2. The van der Waals surface area contributed by atoms with Crippen LogP contribution in [0.5, 0.6) is 0 Å². The standard InChI is InChI=1S/C21H30N4O2/c1-3-23(4-2)20(26)18-9-7-13-25(16-18)21(27)22-12-15-24-14-11-17-8-5-6-10-19(17)24/h5-6,8,10-11,14,18H,3-4,7,9,12-13,15-16H2,1-2H3,(H,22,27)/t18-/m0/s1. The normalized spacial score (nSPS) is 17.1. The van der Waals surface area contributed by atoms with Crippen LogP contribution in [0.2, 0.25) is 0 Å². The number of rotatable bonds is 6. The fraction of sp³-hybridized carbons (Fsp3) is 0.524. The summed E-state index contributed by atoms with van der Waals surface area (Å²) < 4.78 is 2.15. The van der Waals surface area contributed by atoms with Crippen LogP contribution in [0.15, 0.2) is 36.5 Å². The van der Waals surface area contributed by atoms with Gasteiger partial charge in [-0.2, -0.15) is 0 Å². The van der Waals surface area contributed by atoms with Crippen molar-refractivity contribution in [1.82, 2.24) is 19.7 Å². The molecule has 1 aromatic heterocycles. The van der Waals surface area contributed by atoms with Gasteiger partial charge in [-0.1, -0.05) is 18.2 Å². The van der Waals surface area contributed by atoms with Crippen LogP contribution in [0, 0.1) is 5.92 Å². The monoisotopic (exact) mass is 370 g/mol. The van der Waals surface area contributed by atoms with Crippen LogP contribution in [-0.4, -0.2) is 59.0 Å². The van der Waals surface area contributed by atoms with Crippen molar-refractivity contribution in [2.75, 3.05) is 32.7 Å². The Labute approximate surface area is 161 Å². The summed E-state index contributed by atoms with van der Waals surface area (Å²) >= 11 is 0. The van der Waals surface area contributed by atoms with E-state index in [0.29, 0.717) is 13.1 Å². The Kier molecular flexibility index (Phi) is 6.37. The van der Waals surface area contributed by atoms with Gasteiger partial charge < -0.3 is 19.7 Å². The number of para-hydroxylation sites is 1. The van der Waals surface area contributed by atoms with Crippen molar-refractivity contribution < 1.29 is 9.59 Å². The Hall–Kier alpha value is -2.50. The summed E-state index contributed by atoms with van der Waals surface area (Å²) in [6.07, 6.45) is 3.80. The average Bonchev–Trinajstić information content (AvgIpc) is 3.12. The van der Waals surface area contributed by atoms with E-state index in [4.69, 9.17) is 0 Å². The lowest BCUT2D eigenvalue weighted by molar-refractivity contribution is -0.136. The second-order valence-corrected chi connectivity index (χ2v) is 7.10. The lowest BCUT2D eigenvalue weighted by atomic mass is 9.96. The molecule has 6 nitrogen and oxygen atoms in total. The highest BCUT2D eigenvalue weighted by Crippen LogP contribution is 2.19. The molecule has 0 spiro atoms. The van der Waals surface area contributed by atoms with E-state index in [1.54, 1.807) is 4.90 Å². The number of fused-ring (bicyclic) bond motifs is 1. The van der Waals surface area contributed by atoms with Crippen LogP contribution in [0.25, 0.3) is 10.9 Å². The number of hydrogen-bond acceptors (Lipinski definition) is 2. The van der Waals surface area contributed by atoms with E-state index < -0.39 is 0 Å². The fourth-order valence-corrected chi connectivity index (χ4v) is 3.89. The van der Waals surface area contributed by atoms with E-state index in [-0.39, 0.29) is 17.9 Å². The molecule has 0 aliphatic carbocycles. The summed E-state index contributed by atoms with van der Waals surface area (Å²) in [4.78, 5) is 28.8. The number of carbonyl (C=O) groups excluding carboxylic acids is 2. The summed E-state index contributed by atoms with van der Waals surface area (Å²) in [6.45, 7) is 8.00. The van der Waals surface area contributed by atoms with E-state index in [0.717, 1.165) is 39.0 Å². The molecule has 0 unspecified atom stereocenters. The maximum atomic E-state index is 12.6. The Morgan fingerprint density at radius 1 is 1.19 bits per heavy atom. The number of hydrogen-bond donors (Lipinski definition) is 1. The highest BCUT2D eigenvalue weighted by Gasteiger charge is 2.30. The molecule has 3 rings (SSSR count). The molecule has 1 aromatic carbocycles. The maximum absolute atomic E-state index is 12.6. The summed E-state index contributed by atoms with van der Waals surface area (Å²) in [7, 11) is 0. The van der Waals surface area contributed by atoms with Crippen LogP contribution < -0.4 is 5.32 Å². The van der Waals surface area contributed by atoms with E-state index in [1.165, 1.54) is 10.9 Å². The first-order chi connectivity index (χ1) is 13.1. The Balaban J connectivity index is 1.51. The number of urea groups is 1. The van der Waals surface area contributed by atoms with Gasteiger partial charge in [0.15, 0.2) is 0 Å². The first-order valence-electron chi connectivity index (χ1n) is 9.99. The molecule has 2 aromatic rings. The summed E-state index contributed by atoms with van der Waals surface area (Å²) in [5.41, 5.74) is 1.18. The van der Waals surface area contributed by atoms with Gasteiger partial charge in [-0.05, 0) is 44.2 Å². The van der Waals surface area contributed by atoms with Gasteiger partial charge in [-0.3, -0.25) is 4.79 Å². The highest BCUT2D eigenvalue weighted by atomic mass is 16.2. The van der Waals surface area contributed by atoms with Crippen molar-refractivity contribution in [2.45, 2.75) is 33.2 Å². The molecule has 3 amide bonds. The minimum Gasteiger partial charge on any atom is -0.346 e. The molecule has 1 fully saturated rings. The molecule has 146 valence electrons. The van der Waals surface area contributed by atoms with Gasteiger partial charge in [0, 0.05) is 51.0 Å². The summed E-state index contributed by atoms with van der Waals surface area (Å²) in [6, 6.07) is 10.3. The number of aromatic nitrogens is 1. The third-order valence-corrected chi connectivity index (χ3v) is 5.44. The zero-order chi connectivity index (χ0) is 19.2. The summed E-state index contributed by atoms with van der Waals surface area (Å²) in [5.74, 6) is 0.106. The van der Waals surface area contributed by atoms with Gasteiger partial charge in [0.1, 0.15) is 0 Å². The molecule has 6 heteroatoms. The van der Waals surface area contributed by atoms with Gasteiger partial charge in [0.05, 0.1) is 5.92 Å². The van der Waals surface area contributed by atoms with Crippen molar-refractivity contribution in [3.05, 3.63) is 36.5 Å². The third-order valence-electron chi connectivity index (χ3n) is 5.44. The first-order valence-corrected chi connectivity index (χ1v) is 9.99. The zero-order valence-corrected chi connectivity index (χ0v) is 16.4. The van der Waals surface area contributed by atoms with Gasteiger partial charge >= 0.3 is 6.03 Å². The number of likely N-dealkylation sites (tertiary alicyclic amines) is 1. The minimum atomic E-state index is -0.0715. The predicted octanol–water partition coefficient (Wildman–Crippen LogP) is 2.93. The lowest BCUT2D eigenvalue weighted by Gasteiger charge is -2.34. The molecule has 0 bridgehead atoms. The average molecular weight is 370 g/mol. The third kappa shape index (κ3) is 4.43. The highest BCUT2D eigenvalue weighted by molar-refractivity contribution is 5.81. The van der Waals surface area contributed by atoms with Crippen LogP contribution in [0.3, 0.4) is 0 Å². The number of nitrogens with one attached hydrogen (secondary N) is 1. The van der Waals surface area contributed by atoms with E-state index in [2.05, 4.69) is 34.3 Å². The molecular weight excluding hydrogens is 340 g/mol. The van der Waals surface area contributed by atoms with Gasteiger partial charge in [0.2, 0.25) is 5.91 Å². The van der Waals surface area contributed by atoms with Crippen molar-refractivity contribution in [1.29, 1.82) is 0 Å². The number of nitrogens with zero attached hydrogens (tertiary/aromatic N) is 3. The molecule has 2 heterocycles. The molecule has 1 atom stereocenters. The SMILES string of the molecule is CCN(CC)C(=O)[C@H]1CCCN(C(=O)NCCn2ccc3ccccc32)C1. The van der Waals surface area contributed by atoms with Crippen molar-refractivity contribution in [3.63, 3.8) is 0 Å². The van der Waals surface area contributed by atoms with E-state index in [1.807, 2.05) is 30.9 Å². The smallest absolute Gasteiger partial charge is 0.317 e. The van der Waals surface area contributed by atoms with Gasteiger partial charge in [0.25, 0.3) is 0 Å². The zero-order valence-electron chi connectivity index (χ0n) is 16.4.